The van der Waals surface area contributed by atoms with Gasteiger partial charge in [0.2, 0.25) is 0 Å². The van der Waals surface area contributed by atoms with E-state index in [0.717, 1.165) is 19.0 Å². The first kappa shape index (κ1) is 12.4. The van der Waals surface area contributed by atoms with Crippen LogP contribution in [-0.2, 0) is 0 Å². The smallest absolute Gasteiger partial charge is 0.0695 e. The van der Waals surface area contributed by atoms with Crippen LogP contribution in [0, 0.1) is 11.8 Å². The van der Waals surface area contributed by atoms with Gasteiger partial charge in [0, 0.05) is 13.1 Å². The molecule has 0 amide bonds. The summed E-state index contributed by atoms with van der Waals surface area (Å²) in [6.07, 6.45) is 9.35. The van der Waals surface area contributed by atoms with E-state index in [1.807, 2.05) is 0 Å². The number of hydrogen-bond donors (Lipinski definition) is 1. The van der Waals surface area contributed by atoms with Crippen LogP contribution in [0.5, 0.6) is 0 Å². The maximum absolute atomic E-state index is 10.2. The SMILES string of the molecule is CCN(CC1CCC1)CC(O)C1CCCC1. The molecule has 94 valence electrons. The zero-order chi connectivity index (χ0) is 11.4. The zero-order valence-corrected chi connectivity index (χ0v) is 10.7. The molecule has 2 nitrogen and oxygen atoms in total. The van der Waals surface area contributed by atoms with Gasteiger partial charge in [0.1, 0.15) is 0 Å². The van der Waals surface area contributed by atoms with E-state index in [1.54, 1.807) is 0 Å². The van der Waals surface area contributed by atoms with Gasteiger partial charge < -0.3 is 10.0 Å². The highest BCUT2D eigenvalue weighted by atomic mass is 16.3. The van der Waals surface area contributed by atoms with Crippen molar-refractivity contribution in [2.75, 3.05) is 19.6 Å². The van der Waals surface area contributed by atoms with Gasteiger partial charge in [-0.05, 0) is 44.1 Å². The lowest BCUT2D eigenvalue weighted by atomic mass is 9.85. The number of likely N-dealkylation sites (N-methyl/N-ethyl adjacent to an activating group) is 1. The van der Waals surface area contributed by atoms with Gasteiger partial charge in [-0.25, -0.2) is 0 Å². The van der Waals surface area contributed by atoms with Gasteiger partial charge in [-0.1, -0.05) is 26.2 Å². The van der Waals surface area contributed by atoms with Crippen molar-refractivity contribution in [2.24, 2.45) is 11.8 Å². The molecule has 1 N–H and O–H groups in total. The van der Waals surface area contributed by atoms with Gasteiger partial charge in [0.25, 0.3) is 0 Å². The average Bonchev–Trinajstić information content (AvgIpc) is 2.74. The molecule has 0 aromatic rings. The summed E-state index contributed by atoms with van der Waals surface area (Å²) in [5.41, 5.74) is 0. The Morgan fingerprint density at radius 2 is 1.81 bits per heavy atom. The number of aliphatic hydroxyl groups excluding tert-OH is 1. The summed E-state index contributed by atoms with van der Waals surface area (Å²) in [4.78, 5) is 2.47. The predicted octanol–water partition coefficient (Wildman–Crippen LogP) is 2.66. The first-order valence-electron chi connectivity index (χ1n) is 7.20. The van der Waals surface area contributed by atoms with Gasteiger partial charge in [-0.3, -0.25) is 0 Å². The van der Waals surface area contributed by atoms with Gasteiger partial charge >= 0.3 is 0 Å². The third kappa shape index (κ3) is 3.21. The van der Waals surface area contributed by atoms with Crippen LogP contribution in [0.15, 0.2) is 0 Å². The first-order chi connectivity index (χ1) is 7.79. The Labute approximate surface area is 100 Å². The third-order valence-corrected chi connectivity index (χ3v) is 4.58. The molecule has 16 heavy (non-hydrogen) atoms. The molecule has 0 aromatic carbocycles. The second kappa shape index (κ2) is 6.02. The van der Waals surface area contributed by atoms with Gasteiger partial charge in [0.05, 0.1) is 6.10 Å². The topological polar surface area (TPSA) is 23.5 Å². The van der Waals surface area contributed by atoms with Crippen LogP contribution in [0.3, 0.4) is 0 Å². The maximum Gasteiger partial charge on any atom is 0.0695 e. The predicted molar refractivity (Wildman–Crippen MR) is 67.4 cm³/mol. The minimum absolute atomic E-state index is 0.0671. The molecule has 0 spiro atoms. The molecular formula is C14H27NO. The average molecular weight is 225 g/mol. The number of rotatable bonds is 6. The third-order valence-electron chi connectivity index (χ3n) is 4.58. The Morgan fingerprint density at radius 3 is 2.31 bits per heavy atom. The highest BCUT2D eigenvalue weighted by Gasteiger charge is 2.26. The van der Waals surface area contributed by atoms with Crippen molar-refractivity contribution in [1.82, 2.24) is 4.90 Å². The van der Waals surface area contributed by atoms with E-state index < -0.39 is 0 Å². The minimum atomic E-state index is -0.0671. The molecule has 0 radical (unpaired) electrons. The summed E-state index contributed by atoms with van der Waals surface area (Å²) in [5, 5.41) is 10.2. The highest BCUT2D eigenvalue weighted by Crippen LogP contribution is 2.30. The second-order valence-corrected chi connectivity index (χ2v) is 5.76. The maximum atomic E-state index is 10.2. The fourth-order valence-corrected chi connectivity index (χ4v) is 3.13. The summed E-state index contributed by atoms with van der Waals surface area (Å²) in [6, 6.07) is 0. The fourth-order valence-electron chi connectivity index (χ4n) is 3.13. The lowest BCUT2D eigenvalue weighted by molar-refractivity contribution is 0.0553. The Morgan fingerprint density at radius 1 is 1.12 bits per heavy atom. The van der Waals surface area contributed by atoms with E-state index >= 15 is 0 Å². The minimum Gasteiger partial charge on any atom is -0.392 e. The largest absolute Gasteiger partial charge is 0.392 e. The molecule has 0 aliphatic heterocycles. The quantitative estimate of drug-likeness (QED) is 0.751. The van der Waals surface area contributed by atoms with Crippen molar-refractivity contribution in [2.45, 2.75) is 58.0 Å². The summed E-state index contributed by atoms with van der Waals surface area (Å²) >= 11 is 0. The first-order valence-corrected chi connectivity index (χ1v) is 7.20. The van der Waals surface area contributed by atoms with E-state index in [-0.39, 0.29) is 6.10 Å². The number of hydrogen-bond acceptors (Lipinski definition) is 2. The molecule has 0 aromatic heterocycles. The molecule has 2 heteroatoms. The Hall–Kier alpha value is -0.0800. The van der Waals surface area contributed by atoms with Crippen molar-refractivity contribution in [3.8, 4) is 0 Å². The Kier molecular flexibility index (Phi) is 4.66. The normalized spacial score (nSPS) is 24.9. The summed E-state index contributed by atoms with van der Waals surface area (Å²) < 4.78 is 0. The standard InChI is InChI=1S/C14H27NO/c1-2-15(10-12-6-5-7-12)11-14(16)13-8-3-4-9-13/h12-14,16H,2-11H2,1H3. The monoisotopic (exact) mass is 225 g/mol. The Bertz CT molecular complexity index is 197. The molecule has 1 atom stereocenters. The molecule has 2 fully saturated rings. The molecule has 2 aliphatic carbocycles. The van der Waals surface area contributed by atoms with E-state index in [4.69, 9.17) is 0 Å². The molecule has 1 unspecified atom stereocenters. The fraction of sp³-hybridized carbons (Fsp3) is 1.00. The van der Waals surface area contributed by atoms with Crippen molar-refractivity contribution in [3.05, 3.63) is 0 Å². The molecule has 2 rings (SSSR count). The molecule has 2 aliphatic rings. The van der Waals surface area contributed by atoms with Gasteiger partial charge in [-0.15, -0.1) is 0 Å². The molecule has 0 heterocycles. The summed E-state index contributed by atoms with van der Waals surface area (Å²) in [6.45, 7) is 5.46. The lowest BCUT2D eigenvalue weighted by Crippen LogP contribution is -2.39. The van der Waals surface area contributed by atoms with E-state index in [1.165, 1.54) is 51.5 Å². The molecule has 0 saturated heterocycles. The molecule has 2 saturated carbocycles. The second-order valence-electron chi connectivity index (χ2n) is 5.76. The Balaban J connectivity index is 1.71. The van der Waals surface area contributed by atoms with Crippen LogP contribution in [0.2, 0.25) is 0 Å². The van der Waals surface area contributed by atoms with E-state index in [0.29, 0.717) is 5.92 Å². The zero-order valence-electron chi connectivity index (χ0n) is 10.7. The molecule has 0 bridgehead atoms. The van der Waals surface area contributed by atoms with Gasteiger partial charge in [0.15, 0.2) is 0 Å². The van der Waals surface area contributed by atoms with Gasteiger partial charge in [-0.2, -0.15) is 0 Å². The van der Waals surface area contributed by atoms with Crippen LogP contribution < -0.4 is 0 Å². The lowest BCUT2D eigenvalue weighted by Gasteiger charge is -2.33. The van der Waals surface area contributed by atoms with Crippen LogP contribution in [0.1, 0.15) is 51.9 Å². The van der Waals surface area contributed by atoms with E-state index in [2.05, 4.69) is 11.8 Å². The van der Waals surface area contributed by atoms with Crippen LogP contribution >= 0.6 is 0 Å². The summed E-state index contributed by atoms with van der Waals surface area (Å²) in [7, 11) is 0. The summed E-state index contributed by atoms with van der Waals surface area (Å²) in [5.74, 6) is 1.52. The number of nitrogens with zero attached hydrogens (tertiary/aromatic N) is 1. The molecular weight excluding hydrogens is 198 g/mol. The van der Waals surface area contributed by atoms with Crippen LogP contribution in [0.4, 0.5) is 0 Å². The van der Waals surface area contributed by atoms with Crippen molar-refractivity contribution < 1.29 is 5.11 Å². The van der Waals surface area contributed by atoms with Crippen LogP contribution in [0.25, 0.3) is 0 Å². The van der Waals surface area contributed by atoms with Crippen molar-refractivity contribution >= 4 is 0 Å². The number of aliphatic hydroxyl groups is 1. The van der Waals surface area contributed by atoms with Crippen molar-refractivity contribution in [3.63, 3.8) is 0 Å². The van der Waals surface area contributed by atoms with Crippen LogP contribution in [-0.4, -0.2) is 35.7 Å². The van der Waals surface area contributed by atoms with E-state index in [9.17, 15) is 5.11 Å². The highest BCUT2D eigenvalue weighted by molar-refractivity contribution is 4.79. The van der Waals surface area contributed by atoms with Crippen molar-refractivity contribution in [1.29, 1.82) is 0 Å².